The maximum Gasteiger partial charge on any atom is 0.0205 e. The third-order valence-electron chi connectivity index (χ3n) is 3.39. The van der Waals surface area contributed by atoms with Gasteiger partial charge in [0.2, 0.25) is 0 Å². The lowest BCUT2D eigenvalue weighted by Gasteiger charge is -2.10. The highest BCUT2D eigenvalue weighted by Crippen LogP contribution is 2.25. The zero-order valence-electron chi connectivity index (χ0n) is 12.2. The van der Waals surface area contributed by atoms with Crippen molar-refractivity contribution in [2.24, 2.45) is 0 Å². The second kappa shape index (κ2) is 6.53. The fraction of sp³-hybridized carbons (Fsp3) is 0.333. The van der Waals surface area contributed by atoms with Gasteiger partial charge >= 0.3 is 0 Å². The Bertz CT molecular complexity index is 543. The number of aryl methyl sites for hydroxylation is 2. The van der Waals surface area contributed by atoms with Crippen molar-refractivity contribution >= 4 is 0 Å². The van der Waals surface area contributed by atoms with Crippen LogP contribution >= 0.6 is 0 Å². The minimum atomic E-state index is 0.951. The molecule has 0 fully saturated rings. The third kappa shape index (κ3) is 3.68. The number of hydrogen-bond acceptors (Lipinski definition) is 1. The first kappa shape index (κ1) is 13.8. The van der Waals surface area contributed by atoms with Gasteiger partial charge in [-0.15, -0.1) is 0 Å². The van der Waals surface area contributed by atoms with Gasteiger partial charge in [-0.3, -0.25) is 0 Å². The largest absolute Gasteiger partial charge is 0.313 e. The van der Waals surface area contributed by atoms with Crippen molar-refractivity contribution in [2.45, 2.75) is 33.7 Å². The van der Waals surface area contributed by atoms with E-state index in [0.29, 0.717) is 0 Å². The Balaban J connectivity index is 2.26. The van der Waals surface area contributed by atoms with Crippen molar-refractivity contribution < 1.29 is 0 Å². The molecule has 1 nitrogen and oxygen atoms in total. The van der Waals surface area contributed by atoms with Crippen LogP contribution in [0.2, 0.25) is 0 Å². The highest BCUT2D eigenvalue weighted by atomic mass is 14.8. The highest BCUT2D eigenvalue weighted by molar-refractivity contribution is 5.68. The first-order valence-corrected chi connectivity index (χ1v) is 7.08. The summed E-state index contributed by atoms with van der Waals surface area (Å²) in [5.41, 5.74) is 6.67. The molecule has 0 radical (unpaired) electrons. The van der Waals surface area contributed by atoms with Crippen LogP contribution in [0.15, 0.2) is 42.5 Å². The van der Waals surface area contributed by atoms with E-state index in [9.17, 15) is 0 Å². The van der Waals surface area contributed by atoms with Gasteiger partial charge in [-0.05, 0) is 55.1 Å². The van der Waals surface area contributed by atoms with Gasteiger partial charge in [-0.1, -0.05) is 48.9 Å². The first-order valence-electron chi connectivity index (χ1n) is 7.08. The van der Waals surface area contributed by atoms with Crippen LogP contribution in [0.1, 0.15) is 30.0 Å². The van der Waals surface area contributed by atoms with Crippen LogP contribution in [0, 0.1) is 13.8 Å². The summed E-state index contributed by atoms with van der Waals surface area (Å²) in [6, 6.07) is 15.5. The molecule has 0 aromatic heterocycles. The van der Waals surface area contributed by atoms with E-state index in [0.717, 1.165) is 13.1 Å². The molecule has 1 N–H and O–H groups in total. The molecule has 0 aliphatic heterocycles. The summed E-state index contributed by atoms with van der Waals surface area (Å²) < 4.78 is 0. The summed E-state index contributed by atoms with van der Waals surface area (Å²) in [4.78, 5) is 0. The minimum absolute atomic E-state index is 0.951. The summed E-state index contributed by atoms with van der Waals surface area (Å²) in [6.45, 7) is 8.55. The van der Waals surface area contributed by atoms with Crippen LogP contribution in [0.25, 0.3) is 11.1 Å². The maximum atomic E-state index is 3.46. The Morgan fingerprint density at radius 2 is 1.84 bits per heavy atom. The molecule has 0 spiro atoms. The van der Waals surface area contributed by atoms with Gasteiger partial charge in [0.25, 0.3) is 0 Å². The predicted octanol–water partition coefficient (Wildman–Crippen LogP) is 4.47. The fourth-order valence-electron chi connectivity index (χ4n) is 2.31. The molecule has 1 heteroatoms. The molecule has 0 heterocycles. The van der Waals surface area contributed by atoms with Crippen LogP contribution in [-0.2, 0) is 6.54 Å². The van der Waals surface area contributed by atoms with Gasteiger partial charge in [0.15, 0.2) is 0 Å². The molecule has 2 aromatic rings. The van der Waals surface area contributed by atoms with Crippen molar-refractivity contribution in [1.29, 1.82) is 0 Å². The highest BCUT2D eigenvalue weighted by Gasteiger charge is 2.03. The normalized spacial score (nSPS) is 10.7. The monoisotopic (exact) mass is 253 g/mol. The van der Waals surface area contributed by atoms with Gasteiger partial charge in [0.1, 0.15) is 0 Å². The van der Waals surface area contributed by atoms with Gasteiger partial charge in [0, 0.05) is 6.54 Å². The van der Waals surface area contributed by atoms with Crippen molar-refractivity contribution in [3.8, 4) is 11.1 Å². The van der Waals surface area contributed by atoms with Gasteiger partial charge in [-0.25, -0.2) is 0 Å². The molecule has 0 atom stereocenters. The summed E-state index contributed by atoms with van der Waals surface area (Å²) in [5.74, 6) is 0. The molecule has 0 unspecified atom stereocenters. The van der Waals surface area contributed by atoms with E-state index in [2.05, 4.69) is 68.6 Å². The van der Waals surface area contributed by atoms with Crippen LogP contribution in [0.5, 0.6) is 0 Å². The summed E-state index contributed by atoms with van der Waals surface area (Å²) in [7, 11) is 0. The molecule has 0 amide bonds. The summed E-state index contributed by atoms with van der Waals surface area (Å²) in [6.07, 6.45) is 1.18. The fourth-order valence-corrected chi connectivity index (χ4v) is 2.31. The number of nitrogens with one attached hydrogen (secondary N) is 1. The Morgan fingerprint density at radius 1 is 1.00 bits per heavy atom. The minimum Gasteiger partial charge on any atom is -0.313 e. The zero-order valence-corrected chi connectivity index (χ0v) is 12.2. The summed E-state index contributed by atoms with van der Waals surface area (Å²) >= 11 is 0. The van der Waals surface area contributed by atoms with Gasteiger partial charge in [-0.2, -0.15) is 0 Å². The molecule has 0 saturated heterocycles. The van der Waals surface area contributed by atoms with Gasteiger partial charge < -0.3 is 5.32 Å². The molecule has 2 aromatic carbocycles. The molecular formula is C18H23N. The van der Waals surface area contributed by atoms with E-state index in [-0.39, 0.29) is 0 Å². The second-order valence-corrected chi connectivity index (χ2v) is 5.20. The van der Waals surface area contributed by atoms with Gasteiger partial charge in [0.05, 0.1) is 0 Å². The van der Waals surface area contributed by atoms with Crippen LogP contribution in [0.3, 0.4) is 0 Å². The second-order valence-electron chi connectivity index (χ2n) is 5.20. The van der Waals surface area contributed by atoms with E-state index in [1.807, 2.05) is 0 Å². The van der Waals surface area contributed by atoms with Crippen molar-refractivity contribution in [3.05, 3.63) is 59.2 Å². The van der Waals surface area contributed by atoms with E-state index in [1.54, 1.807) is 0 Å². The lowest BCUT2D eigenvalue weighted by molar-refractivity contribution is 0.675. The van der Waals surface area contributed by atoms with Crippen LogP contribution in [0.4, 0.5) is 0 Å². The quantitative estimate of drug-likeness (QED) is 0.775. The molecule has 19 heavy (non-hydrogen) atoms. The Labute approximate surface area is 116 Å². The van der Waals surface area contributed by atoms with E-state index in [1.165, 1.54) is 34.2 Å². The van der Waals surface area contributed by atoms with Crippen molar-refractivity contribution in [1.82, 2.24) is 5.32 Å². The zero-order chi connectivity index (χ0) is 13.7. The molecule has 0 aliphatic rings. The molecule has 0 saturated carbocycles. The Kier molecular flexibility index (Phi) is 4.75. The standard InChI is InChI=1S/C18H23N/c1-4-10-19-13-16-9-8-15(3)18(12-16)17-7-5-6-14(2)11-17/h5-9,11-12,19H,4,10,13H2,1-3H3. The molecular weight excluding hydrogens is 230 g/mol. The van der Waals surface area contributed by atoms with Crippen LogP contribution < -0.4 is 5.32 Å². The molecule has 0 aliphatic carbocycles. The predicted molar refractivity (Wildman–Crippen MR) is 83.3 cm³/mol. The molecule has 0 bridgehead atoms. The maximum absolute atomic E-state index is 3.46. The smallest absolute Gasteiger partial charge is 0.0205 e. The Morgan fingerprint density at radius 3 is 2.58 bits per heavy atom. The Hall–Kier alpha value is -1.60. The lowest BCUT2D eigenvalue weighted by Crippen LogP contribution is -2.13. The SMILES string of the molecule is CCCNCc1ccc(C)c(-c2cccc(C)c2)c1. The average Bonchev–Trinajstić information content (AvgIpc) is 2.41. The van der Waals surface area contributed by atoms with E-state index < -0.39 is 0 Å². The first-order chi connectivity index (χ1) is 9.20. The molecule has 100 valence electrons. The third-order valence-corrected chi connectivity index (χ3v) is 3.39. The number of rotatable bonds is 5. The molecule has 2 rings (SSSR count). The average molecular weight is 253 g/mol. The number of benzene rings is 2. The van der Waals surface area contributed by atoms with E-state index >= 15 is 0 Å². The van der Waals surface area contributed by atoms with Crippen molar-refractivity contribution in [3.63, 3.8) is 0 Å². The van der Waals surface area contributed by atoms with Crippen LogP contribution in [-0.4, -0.2) is 6.54 Å². The lowest BCUT2D eigenvalue weighted by atomic mass is 9.97. The topological polar surface area (TPSA) is 12.0 Å². The number of hydrogen-bond donors (Lipinski definition) is 1. The summed E-state index contributed by atoms with van der Waals surface area (Å²) in [5, 5.41) is 3.46. The van der Waals surface area contributed by atoms with E-state index in [4.69, 9.17) is 0 Å². The van der Waals surface area contributed by atoms with Crippen molar-refractivity contribution in [2.75, 3.05) is 6.54 Å².